The summed E-state index contributed by atoms with van der Waals surface area (Å²) in [6.45, 7) is 2.62. The number of nitrogens with zero attached hydrogens (tertiary/aromatic N) is 1. The Morgan fingerprint density at radius 2 is 2.24 bits per heavy atom. The summed E-state index contributed by atoms with van der Waals surface area (Å²) < 4.78 is 1.09. The van der Waals surface area contributed by atoms with Crippen LogP contribution < -0.4 is 0 Å². The van der Waals surface area contributed by atoms with E-state index in [1.54, 1.807) is 13.0 Å². The van der Waals surface area contributed by atoms with Crippen LogP contribution in [0, 0.1) is 0 Å². The van der Waals surface area contributed by atoms with E-state index in [9.17, 15) is 4.79 Å². The fraction of sp³-hybridized carbons (Fsp3) is 0.214. The number of rotatable bonds is 5. The molecule has 1 aromatic carbocycles. The third-order valence-corrected chi connectivity index (χ3v) is 2.70. The van der Waals surface area contributed by atoms with Crippen molar-refractivity contribution in [3.63, 3.8) is 0 Å². The van der Waals surface area contributed by atoms with Crippen molar-refractivity contribution in [2.75, 3.05) is 7.05 Å². The number of hydrogen-bond acceptors (Lipinski definition) is 2. The molecule has 0 radical (unpaired) electrons. The van der Waals surface area contributed by atoms with Crippen LogP contribution in [0.15, 0.2) is 52.7 Å². The van der Waals surface area contributed by atoms with E-state index >= 15 is 0 Å². The molecular weight excluding hydrogens is 278 g/mol. The lowest BCUT2D eigenvalue weighted by atomic mass is 10.2. The number of carbonyl (C=O) groups is 1. The minimum Gasteiger partial charge on any atom is -0.376 e. The van der Waals surface area contributed by atoms with Gasteiger partial charge in [-0.2, -0.15) is 0 Å². The highest BCUT2D eigenvalue weighted by Gasteiger charge is 1.95. The molecule has 1 aromatic rings. The molecule has 90 valence electrons. The van der Waals surface area contributed by atoms with Gasteiger partial charge in [-0.1, -0.05) is 34.1 Å². The highest BCUT2D eigenvalue weighted by molar-refractivity contribution is 9.10. The second-order valence-corrected chi connectivity index (χ2v) is 4.83. The van der Waals surface area contributed by atoms with Gasteiger partial charge in [0.25, 0.3) is 0 Å². The number of halogens is 1. The zero-order valence-electron chi connectivity index (χ0n) is 10.1. The summed E-state index contributed by atoms with van der Waals surface area (Å²) in [6, 6.07) is 8.21. The Kier molecular flexibility index (Phi) is 5.70. The molecular formula is C14H16BrNO. The minimum absolute atomic E-state index is 0.720. The quantitative estimate of drug-likeness (QED) is 0.470. The van der Waals surface area contributed by atoms with E-state index in [2.05, 4.69) is 33.0 Å². The van der Waals surface area contributed by atoms with E-state index in [-0.39, 0.29) is 0 Å². The van der Waals surface area contributed by atoms with Crippen LogP contribution in [0.2, 0.25) is 0 Å². The Balaban J connectivity index is 2.55. The maximum absolute atomic E-state index is 10.4. The number of aldehydes is 1. The van der Waals surface area contributed by atoms with Crippen molar-refractivity contribution in [3.8, 4) is 0 Å². The fourth-order valence-electron chi connectivity index (χ4n) is 1.36. The Hall–Kier alpha value is -1.35. The summed E-state index contributed by atoms with van der Waals surface area (Å²) in [4.78, 5) is 12.5. The van der Waals surface area contributed by atoms with Crippen LogP contribution in [0.25, 0.3) is 0 Å². The van der Waals surface area contributed by atoms with E-state index in [4.69, 9.17) is 0 Å². The summed E-state index contributed by atoms with van der Waals surface area (Å²) in [6.07, 6.45) is 6.47. The molecule has 1 rings (SSSR count). The number of hydrogen-bond donors (Lipinski definition) is 0. The van der Waals surface area contributed by atoms with Crippen LogP contribution >= 0.6 is 15.9 Å². The summed E-state index contributed by atoms with van der Waals surface area (Å²) in [5.41, 5.74) is 1.96. The highest BCUT2D eigenvalue weighted by Crippen LogP contribution is 2.12. The molecule has 0 aliphatic heterocycles. The first kappa shape index (κ1) is 13.7. The van der Waals surface area contributed by atoms with Gasteiger partial charge in [-0.05, 0) is 42.5 Å². The van der Waals surface area contributed by atoms with Gasteiger partial charge in [-0.15, -0.1) is 0 Å². The Morgan fingerprint density at radius 1 is 1.47 bits per heavy atom. The van der Waals surface area contributed by atoms with Crippen molar-refractivity contribution in [2.45, 2.75) is 13.5 Å². The first-order valence-electron chi connectivity index (χ1n) is 5.37. The number of carbonyl (C=O) groups excluding carboxylic acids is 1. The molecule has 0 heterocycles. The average Bonchev–Trinajstić information content (AvgIpc) is 2.28. The summed E-state index contributed by atoms with van der Waals surface area (Å²) in [7, 11) is 2.00. The normalized spacial score (nSPS) is 11.8. The van der Waals surface area contributed by atoms with E-state index in [0.717, 1.165) is 22.9 Å². The van der Waals surface area contributed by atoms with Gasteiger partial charge in [0.2, 0.25) is 0 Å². The van der Waals surface area contributed by atoms with E-state index in [0.29, 0.717) is 0 Å². The van der Waals surface area contributed by atoms with E-state index in [1.807, 2.05) is 31.5 Å². The number of allylic oxidation sites excluding steroid dienone is 3. The van der Waals surface area contributed by atoms with Gasteiger partial charge in [-0.25, -0.2) is 0 Å². The summed E-state index contributed by atoms with van der Waals surface area (Å²) >= 11 is 3.45. The third-order valence-electron chi connectivity index (χ3n) is 2.21. The van der Waals surface area contributed by atoms with Gasteiger partial charge < -0.3 is 4.90 Å². The van der Waals surface area contributed by atoms with Crippen molar-refractivity contribution in [1.29, 1.82) is 0 Å². The van der Waals surface area contributed by atoms with Gasteiger partial charge in [0.05, 0.1) is 0 Å². The monoisotopic (exact) mass is 293 g/mol. The average molecular weight is 294 g/mol. The van der Waals surface area contributed by atoms with Crippen molar-refractivity contribution in [3.05, 3.63) is 58.2 Å². The van der Waals surface area contributed by atoms with Crippen LogP contribution in [0.3, 0.4) is 0 Å². The predicted octanol–water partition coefficient (Wildman–Crippen LogP) is 3.54. The second-order valence-electron chi connectivity index (χ2n) is 3.92. The third kappa shape index (κ3) is 5.50. The minimum atomic E-state index is 0.720. The largest absolute Gasteiger partial charge is 0.376 e. The molecule has 0 unspecified atom stereocenters. The molecule has 0 aliphatic carbocycles. The lowest BCUT2D eigenvalue weighted by Gasteiger charge is -2.13. The Morgan fingerprint density at radius 3 is 2.88 bits per heavy atom. The van der Waals surface area contributed by atoms with Gasteiger partial charge >= 0.3 is 0 Å². The van der Waals surface area contributed by atoms with Crippen LogP contribution in [-0.2, 0) is 11.3 Å². The van der Waals surface area contributed by atoms with Gasteiger partial charge in [0.1, 0.15) is 6.29 Å². The van der Waals surface area contributed by atoms with Crippen molar-refractivity contribution < 1.29 is 4.79 Å². The molecule has 0 spiro atoms. The molecule has 0 atom stereocenters. The van der Waals surface area contributed by atoms with Crippen LogP contribution in [-0.4, -0.2) is 18.2 Å². The molecule has 2 nitrogen and oxygen atoms in total. The Labute approximate surface area is 111 Å². The SMILES string of the molecule is C/C(C=O)=C/C=C\N(C)Cc1cccc(Br)c1. The van der Waals surface area contributed by atoms with Crippen LogP contribution in [0.1, 0.15) is 12.5 Å². The van der Waals surface area contributed by atoms with Crippen molar-refractivity contribution in [1.82, 2.24) is 4.90 Å². The van der Waals surface area contributed by atoms with Gasteiger partial charge in [0, 0.05) is 18.1 Å². The molecule has 3 heteroatoms. The molecule has 0 fully saturated rings. The molecule has 0 bridgehead atoms. The molecule has 0 saturated carbocycles. The first-order chi connectivity index (χ1) is 8.11. The van der Waals surface area contributed by atoms with E-state index in [1.165, 1.54) is 5.56 Å². The molecule has 17 heavy (non-hydrogen) atoms. The zero-order chi connectivity index (χ0) is 12.7. The molecule has 0 aromatic heterocycles. The lowest BCUT2D eigenvalue weighted by Crippen LogP contribution is -2.09. The summed E-state index contributed by atoms with van der Waals surface area (Å²) in [5.74, 6) is 0. The maximum atomic E-state index is 10.4. The van der Waals surface area contributed by atoms with Crippen LogP contribution in [0.5, 0.6) is 0 Å². The molecule has 0 amide bonds. The molecule has 0 aliphatic rings. The summed E-state index contributed by atoms with van der Waals surface area (Å²) in [5, 5.41) is 0. The van der Waals surface area contributed by atoms with E-state index < -0.39 is 0 Å². The van der Waals surface area contributed by atoms with Gasteiger partial charge in [0.15, 0.2) is 0 Å². The highest BCUT2D eigenvalue weighted by atomic mass is 79.9. The van der Waals surface area contributed by atoms with Crippen molar-refractivity contribution >= 4 is 22.2 Å². The fourth-order valence-corrected chi connectivity index (χ4v) is 1.80. The lowest BCUT2D eigenvalue weighted by molar-refractivity contribution is -0.104. The molecule has 0 N–H and O–H groups in total. The predicted molar refractivity (Wildman–Crippen MR) is 74.6 cm³/mol. The van der Waals surface area contributed by atoms with Crippen molar-refractivity contribution in [2.24, 2.45) is 0 Å². The first-order valence-corrected chi connectivity index (χ1v) is 6.16. The van der Waals surface area contributed by atoms with Gasteiger partial charge in [-0.3, -0.25) is 4.79 Å². The topological polar surface area (TPSA) is 20.3 Å². The smallest absolute Gasteiger partial charge is 0.145 e. The van der Waals surface area contributed by atoms with Crippen LogP contribution in [0.4, 0.5) is 0 Å². The number of benzene rings is 1. The standard InChI is InChI=1S/C14H16BrNO/c1-12(11-17)5-4-8-16(2)10-13-6-3-7-14(15)9-13/h3-9,11H,10H2,1-2H3/b8-4-,12-5-. The maximum Gasteiger partial charge on any atom is 0.145 e. The Bertz CT molecular complexity index is 438. The second kappa shape index (κ2) is 7.07. The zero-order valence-corrected chi connectivity index (χ0v) is 11.6. The molecule has 0 saturated heterocycles.